The Labute approximate surface area is 281 Å². The summed E-state index contributed by atoms with van der Waals surface area (Å²) in [5, 5.41) is 1.51. The van der Waals surface area contributed by atoms with E-state index in [1.54, 1.807) is 24.3 Å². The van der Waals surface area contributed by atoms with Crippen molar-refractivity contribution in [1.29, 1.82) is 0 Å². The van der Waals surface area contributed by atoms with E-state index in [0.29, 0.717) is 22.6 Å². The summed E-state index contributed by atoms with van der Waals surface area (Å²) in [6, 6.07) is 20.9. The Balaban J connectivity index is 1.26. The topological polar surface area (TPSA) is 97.1 Å². The molecular weight excluding hydrogens is 604 g/mol. The van der Waals surface area contributed by atoms with Gasteiger partial charge in [-0.1, -0.05) is 88.2 Å². The van der Waals surface area contributed by atoms with Crippen LogP contribution >= 0.6 is 0 Å². The first-order chi connectivity index (χ1) is 23.3. The van der Waals surface area contributed by atoms with Crippen molar-refractivity contribution in [2.75, 3.05) is 18.0 Å². The molecule has 0 N–H and O–H groups in total. The van der Waals surface area contributed by atoms with Crippen LogP contribution in [0.2, 0.25) is 0 Å². The van der Waals surface area contributed by atoms with Gasteiger partial charge in [-0.05, 0) is 71.9 Å². The molecule has 2 amide bonds. The van der Waals surface area contributed by atoms with Gasteiger partial charge in [0.2, 0.25) is 0 Å². The summed E-state index contributed by atoms with van der Waals surface area (Å²) in [4.78, 5) is 56.3. The number of fused-ring (bicyclic) bond motifs is 1. The van der Waals surface area contributed by atoms with Gasteiger partial charge in [-0.2, -0.15) is 0 Å². The van der Waals surface area contributed by atoms with E-state index in [9.17, 15) is 19.2 Å². The van der Waals surface area contributed by atoms with E-state index in [-0.39, 0.29) is 24.0 Å². The van der Waals surface area contributed by atoms with E-state index in [1.807, 2.05) is 54.6 Å². The molecule has 48 heavy (non-hydrogen) atoms. The molecule has 0 saturated carbocycles. The largest absolute Gasteiger partial charge is 0.422 e. The Bertz CT molecular complexity index is 1860. The fourth-order valence-electron chi connectivity index (χ4n) is 5.70. The molecule has 5 rings (SSSR count). The van der Waals surface area contributed by atoms with Gasteiger partial charge in [0, 0.05) is 43.1 Å². The number of nitrogens with zero attached hydrogens (tertiary/aromatic N) is 2. The number of hydrogen-bond donors (Lipinski definition) is 0. The van der Waals surface area contributed by atoms with Crippen molar-refractivity contribution < 1.29 is 23.6 Å². The zero-order valence-corrected chi connectivity index (χ0v) is 27.9. The summed E-state index contributed by atoms with van der Waals surface area (Å²) < 4.78 is 5.88. The van der Waals surface area contributed by atoms with Crippen LogP contribution in [0.25, 0.3) is 35.3 Å². The maximum absolute atomic E-state index is 13.2. The Kier molecular flexibility index (Phi) is 11.4. The molecule has 0 spiro atoms. The number of hydrogen-bond acceptors (Lipinski definition) is 7. The lowest BCUT2D eigenvalue weighted by Crippen LogP contribution is -2.32. The second-order valence-electron chi connectivity index (χ2n) is 11.9. The summed E-state index contributed by atoms with van der Waals surface area (Å²) in [6.45, 7) is 8.44. The third-order valence-electron chi connectivity index (χ3n) is 8.49. The first-order valence-electron chi connectivity index (χ1n) is 16.8. The van der Waals surface area contributed by atoms with Crippen molar-refractivity contribution in [2.24, 2.45) is 0 Å². The number of unbranched alkanes of at least 4 members (excludes halogenated alkanes) is 2. The van der Waals surface area contributed by atoms with Crippen molar-refractivity contribution in [3.63, 3.8) is 0 Å². The smallest absolute Gasteiger partial charge is 0.363 e. The Morgan fingerprint density at radius 3 is 1.85 bits per heavy atom. The number of anilines is 1. The molecule has 248 valence electrons. The normalized spacial score (nSPS) is 13.4. The van der Waals surface area contributed by atoms with Crippen molar-refractivity contribution in [3.8, 4) is 0 Å². The zero-order valence-electron chi connectivity index (χ0n) is 27.9. The van der Waals surface area contributed by atoms with Crippen molar-refractivity contribution in [2.45, 2.75) is 65.7 Å². The monoisotopic (exact) mass is 646 g/mol. The molecule has 0 atom stereocenters. The molecule has 0 bridgehead atoms. The summed E-state index contributed by atoms with van der Waals surface area (Å²) >= 11 is 0. The van der Waals surface area contributed by atoms with E-state index < -0.39 is 17.8 Å². The van der Waals surface area contributed by atoms with Crippen LogP contribution in [0, 0.1) is 0 Å². The SMILES string of the molecule is CCCCN(CCCC)c1ccc2c(CC)c(/C=C/c3ccc(/C=C/c4ccc(C(=O)ON5C(=O)CCC5=O)cc4)cc3)c(=O)oc2c1. The fraction of sp³-hybridized carbons (Fsp3) is 0.300. The van der Waals surface area contributed by atoms with Gasteiger partial charge in [-0.25, -0.2) is 9.59 Å². The van der Waals surface area contributed by atoms with Gasteiger partial charge < -0.3 is 14.2 Å². The van der Waals surface area contributed by atoms with Gasteiger partial charge in [0.15, 0.2) is 0 Å². The Hall–Kier alpha value is -5.24. The van der Waals surface area contributed by atoms with E-state index in [0.717, 1.165) is 72.1 Å². The van der Waals surface area contributed by atoms with Crippen molar-refractivity contribution >= 4 is 58.7 Å². The van der Waals surface area contributed by atoms with Crippen LogP contribution in [0.3, 0.4) is 0 Å². The number of amides is 2. The fourth-order valence-corrected chi connectivity index (χ4v) is 5.70. The average molecular weight is 647 g/mol. The maximum atomic E-state index is 13.2. The molecular formula is C40H42N2O6. The number of carbonyl (C=O) groups excluding carboxylic acids is 3. The maximum Gasteiger partial charge on any atom is 0.363 e. The van der Waals surface area contributed by atoms with E-state index in [2.05, 4.69) is 37.8 Å². The third kappa shape index (κ3) is 8.18. The molecule has 1 fully saturated rings. The predicted molar refractivity (Wildman–Crippen MR) is 191 cm³/mol. The van der Waals surface area contributed by atoms with Crippen LogP contribution < -0.4 is 10.5 Å². The number of aryl methyl sites for hydroxylation is 1. The molecule has 3 aromatic carbocycles. The lowest BCUT2D eigenvalue weighted by Gasteiger charge is -2.25. The van der Waals surface area contributed by atoms with E-state index >= 15 is 0 Å². The molecule has 8 nitrogen and oxygen atoms in total. The minimum atomic E-state index is -0.758. The molecule has 1 aliphatic rings. The number of benzene rings is 3. The third-order valence-corrected chi connectivity index (χ3v) is 8.49. The van der Waals surface area contributed by atoms with Gasteiger partial charge in [-0.15, -0.1) is 5.06 Å². The second-order valence-corrected chi connectivity index (χ2v) is 11.9. The van der Waals surface area contributed by atoms with E-state index in [1.165, 1.54) is 0 Å². The number of imide groups is 1. The highest BCUT2D eigenvalue weighted by Gasteiger charge is 2.33. The summed E-state index contributed by atoms with van der Waals surface area (Å²) in [6.07, 6.45) is 13.0. The van der Waals surface area contributed by atoms with Crippen LogP contribution in [0.15, 0.2) is 75.9 Å². The predicted octanol–water partition coefficient (Wildman–Crippen LogP) is 8.32. The molecule has 1 aromatic heterocycles. The van der Waals surface area contributed by atoms with Crippen LogP contribution in [0.5, 0.6) is 0 Å². The lowest BCUT2D eigenvalue weighted by molar-refractivity contribution is -0.172. The van der Waals surface area contributed by atoms with Crippen LogP contribution in [-0.4, -0.2) is 35.9 Å². The highest BCUT2D eigenvalue weighted by molar-refractivity contribution is 6.02. The van der Waals surface area contributed by atoms with Crippen molar-refractivity contribution in [3.05, 3.63) is 111 Å². The number of rotatable bonds is 14. The Morgan fingerprint density at radius 1 is 0.771 bits per heavy atom. The first-order valence-corrected chi connectivity index (χ1v) is 16.8. The molecule has 2 heterocycles. The second kappa shape index (κ2) is 16.0. The molecule has 8 heteroatoms. The highest BCUT2D eigenvalue weighted by atomic mass is 16.7. The van der Waals surface area contributed by atoms with Crippen LogP contribution in [0.1, 0.15) is 97.5 Å². The highest BCUT2D eigenvalue weighted by Crippen LogP contribution is 2.27. The lowest BCUT2D eigenvalue weighted by atomic mass is 10.0. The van der Waals surface area contributed by atoms with Crippen LogP contribution in [0.4, 0.5) is 5.69 Å². The van der Waals surface area contributed by atoms with E-state index in [4.69, 9.17) is 9.25 Å². The quantitative estimate of drug-likeness (QED) is 0.0772. The Morgan fingerprint density at radius 2 is 1.31 bits per heavy atom. The molecule has 0 radical (unpaired) electrons. The number of hydroxylamine groups is 2. The van der Waals surface area contributed by atoms with Gasteiger partial charge >= 0.3 is 11.6 Å². The summed E-state index contributed by atoms with van der Waals surface area (Å²) in [7, 11) is 0. The molecule has 4 aromatic rings. The minimum absolute atomic E-state index is 0.0487. The standard InChI is InChI=1S/C40H42N2O6/c1-4-7-25-41(26-8-5-2)32-20-22-34-33(6-3)35(40(46)47-36(34)27-32)21-17-29-12-9-28(10-13-29)11-14-30-15-18-31(19-16-30)39(45)48-42-37(43)23-24-38(42)44/h9-22,27H,4-8,23-26H2,1-3H3/b14-11+,21-17+. The molecule has 1 saturated heterocycles. The van der Waals surface area contributed by atoms with Crippen molar-refractivity contribution in [1.82, 2.24) is 5.06 Å². The van der Waals surface area contributed by atoms with Gasteiger partial charge in [0.05, 0.1) is 11.1 Å². The minimum Gasteiger partial charge on any atom is -0.422 e. The molecule has 1 aliphatic heterocycles. The molecule has 0 unspecified atom stereocenters. The molecule has 0 aliphatic carbocycles. The van der Waals surface area contributed by atoms with Gasteiger partial charge in [0.1, 0.15) is 5.58 Å². The first kappa shape index (κ1) is 34.1. The summed E-state index contributed by atoms with van der Waals surface area (Å²) in [5.74, 6) is -1.79. The number of carbonyl (C=O) groups is 3. The van der Waals surface area contributed by atoms with Gasteiger partial charge in [-0.3, -0.25) is 9.59 Å². The zero-order chi connectivity index (χ0) is 34.0. The summed E-state index contributed by atoms with van der Waals surface area (Å²) in [5.41, 5.74) is 5.97. The van der Waals surface area contributed by atoms with Crippen LogP contribution in [-0.2, 0) is 20.8 Å². The van der Waals surface area contributed by atoms with Gasteiger partial charge in [0.25, 0.3) is 11.8 Å². The average Bonchev–Trinajstić information content (AvgIpc) is 3.42.